The molecule has 0 spiro atoms. The highest BCUT2D eigenvalue weighted by atomic mass is 16.2. The molecule has 2 N–H and O–H groups in total. The Bertz CT molecular complexity index is 378. The summed E-state index contributed by atoms with van der Waals surface area (Å²) < 4.78 is 1.57. The summed E-state index contributed by atoms with van der Waals surface area (Å²) in [7, 11) is 0. The van der Waals surface area contributed by atoms with Crippen molar-refractivity contribution in [2.24, 2.45) is 11.7 Å². The van der Waals surface area contributed by atoms with E-state index in [4.69, 9.17) is 5.73 Å². The van der Waals surface area contributed by atoms with E-state index < -0.39 is 0 Å². The molecule has 1 heterocycles. The molecule has 6 heteroatoms. The second-order valence-corrected chi connectivity index (χ2v) is 4.77. The number of nitrogens with zero attached hydrogens (tertiary/aromatic N) is 4. The van der Waals surface area contributed by atoms with Gasteiger partial charge in [-0.1, -0.05) is 11.6 Å². The van der Waals surface area contributed by atoms with Crippen LogP contribution in [0.25, 0.3) is 0 Å². The molecule has 1 aromatic rings. The predicted octanol–water partition coefficient (Wildman–Crippen LogP) is 0.254. The third kappa shape index (κ3) is 2.69. The first kappa shape index (κ1) is 13.0. The highest BCUT2D eigenvalue weighted by molar-refractivity contribution is 5.76. The number of hydrogen-bond acceptors (Lipinski definition) is 4. The lowest BCUT2D eigenvalue weighted by molar-refractivity contribution is -0.134. The molecule has 0 saturated heterocycles. The van der Waals surface area contributed by atoms with Crippen molar-refractivity contribution in [3.8, 4) is 0 Å². The van der Waals surface area contributed by atoms with Crippen LogP contribution in [0.3, 0.4) is 0 Å². The van der Waals surface area contributed by atoms with Gasteiger partial charge in [-0.15, -0.1) is 5.10 Å². The fraction of sp³-hybridized carbons (Fsp3) is 0.750. The minimum atomic E-state index is 0.105. The van der Waals surface area contributed by atoms with E-state index in [-0.39, 0.29) is 12.5 Å². The first-order valence-corrected chi connectivity index (χ1v) is 6.60. The van der Waals surface area contributed by atoms with Gasteiger partial charge in [-0.3, -0.25) is 4.79 Å². The second kappa shape index (κ2) is 5.95. The van der Waals surface area contributed by atoms with Crippen LogP contribution in [0.15, 0.2) is 12.4 Å². The molecule has 1 saturated carbocycles. The van der Waals surface area contributed by atoms with Crippen LogP contribution in [0.2, 0.25) is 0 Å². The SMILES string of the molecule is CCN(C(=O)Cn1ccnn1)C1CCCC1CN. The number of amides is 1. The second-order valence-electron chi connectivity index (χ2n) is 4.77. The smallest absolute Gasteiger partial charge is 0.244 e. The molecule has 2 unspecified atom stereocenters. The van der Waals surface area contributed by atoms with Crippen molar-refractivity contribution in [3.05, 3.63) is 12.4 Å². The van der Waals surface area contributed by atoms with Crippen LogP contribution < -0.4 is 5.73 Å². The molecule has 0 radical (unpaired) electrons. The van der Waals surface area contributed by atoms with Crippen LogP contribution in [0, 0.1) is 5.92 Å². The summed E-state index contributed by atoms with van der Waals surface area (Å²) in [5, 5.41) is 7.54. The zero-order valence-electron chi connectivity index (χ0n) is 10.8. The van der Waals surface area contributed by atoms with Crippen LogP contribution in [0.4, 0.5) is 0 Å². The molecule has 0 aliphatic heterocycles. The maximum atomic E-state index is 12.3. The standard InChI is InChI=1S/C12H21N5O/c1-2-17(11-5-3-4-10(11)8-13)12(18)9-16-7-6-14-15-16/h6-7,10-11H,2-5,8-9,13H2,1H3. The molecule has 0 aromatic carbocycles. The first-order valence-electron chi connectivity index (χ1n) is 6.60. The maximum Gasteiger partial charge on any atom is 0.244 e. The van der Waals surface area contributed by atoms with Crippen molar-refractivity contribution in [1.29, 1.82) is 0 Å². The molecule has 18 heavy (non-hydrogen) atoms. The third-order valence-corrected chi connectivity index (χ3v) is 3.75. The Morgan fingerprint density at radius 3 is 3.00 bits per heavy atom. The average Bonchev–Trinajstić information content (AvgIpc) is 3.01. The first-order chi connectivity index (χ1) is 8.76. The summed E-state index contributed by atoms with van der Waals surface area (Å²) >= 11 is 0. The van der Waals surface area contributed by atoms with Gasteiger partial charge in [0, 0.05) is 18.8 Å². The molecular weight excluding hydrogens is 230 g/mol. The van der Waals surface area contributed by atoms with Gasteiger partial charge in [-0.05, 0) is 32.2 Å². The Balaban J connectivity index is 2.01. The Morgan fingerprint density at radius 2 is 2.39 bits per heavy atom. The van der Waals surface area contributed by atoms with Gasteiger partial charge in [0.05, 0.1) is 6.20 Å². The molecule has 100 valence electrons. The lowest BCUT2D eigenvalue weighted by atomic mass is 10.0. The van der Waals surface area contributed by atoms with E-state index in [1.54, 1.807) is 17.1 Å². The van der Waals surface area contributed by atoms with E-state index in [0.29, 0.717) is 18.5 Å². The van der Waals surface area contributed by atoms with Gasteiger partial charge < -0.3 is 10.6 Å². The molecule has 1 aliphatic carbocycles. The van der Waals surface area contributed by atoms with Crippen molar-refractivity contribution in [3.63, 3.8) is 0 Å². The molecule has 1 aliphatic rings. The molecule has 0 bridgehead atoms. The monoisotopic (exact) mass is 251 g/mol. The van der Waals surface area contributed by atoms with Gasteiger partial charge in [0.1, 0.15) is 6.54 Å². The number of nitrogens with two attached hydrogens (primary N) is 1. The largest absolute Gasteiger partial charge is 0.338 e. The molecule has 1 fully saturated rings. The van der Waals surface area contributed by atoms with Crippen LogP contribution >= 0.6 is 0 Å². The quantitative estimate of drug-likeness (QED) is 0.814. The van der Waals surface area contributed by atoms with E-state index in [1.165, 1.54) is 6.42 Å². The van der Waals surface area contributed by atoms with Gasteiger partial charge in [-0.25, -0.2) is 4.68 Å². The van der Waals surface area contributed by atoms with Crippen molar-refractivity contribution in [2.45, 2.75) is 38.8 Å². The van der Waals surface area contributed by atoms with E-state index in [9.17, 15) is 4.79 Å². The van der Waals surface area contributed by atoms with E-state index in [2.05, 4.69) is 10.3 Å². The molecule has 1 aromatic heterocycles. The zero-order chi connectivity index (χ0) is 13.0. The maximum absolute atomic E-state index is 12.3. The Morgan fingerprint density at radius 1 is 1.56 bits per heavy atom. The minimum Gasteiger partial charge on any atom is -0.338 e. The number of aromatic nitrogens is 3. The molecular formula is C12H21N5O. The highest BCUT2D eigenvalue weighted by Crippen LogP contribution is 2.29. The van der Waals surface area contributed by atoms with Gasteiger partial charge >= 0.3 is 0 Å². The Hall–Kier alpha value is -1.43. The highest BCUT2D eigenvalue weighted by Gasteiger charge is 2.32. The number of likely N-dealkylation sites (N-methyl/N-ethyl adjacent to an activating group) is 1. The van der Waals surface area contributed by atoms with Crippen LogP contribution in [-0.4, -0.2) is 44.9 Å². The van der Waals surface area contributed by atoms with Gasteiger partial charge in [-0.2, -0.15) is 0 Å². The fourth-order valence-corrected chi connectivity index (χ4v) is 2.84. The van der Waals surface area contributed by atoms with Gasteiger partial charge in [0.15, 0.2) is 0 Å². The Labute approximate surface area is 107 Å². The topological polar surface area (TPSA) is 77.0 Å². The van der Waals surface area contributed by atoms with Crippen LogP contribution in [0.5, 0.6) is 0 Å². The Kier molecular flexibility index (Phi) is 4.30. The van der Waals surface area contributed by atoms with E-state index in [1.807, 2.05) is 11.8 Å². The number of carbonyl (C=O) groups is 1. The normalized spacial score (nSPS) is 23.2. The van der Waals surface area contributed by atoms with Gasteiger partial charge in [0.2, 0.25) is 5.91 Å². The van der Waals surface area contributed by atoms with Gasteiger partial charge in [0.25, 0.3) is 0 Å². The molecule has 1 amide bonds. The average molecular weight is 251 g/mol. The molecule has 2 rings (SSSR count). The summed E-state index contributed by atoms with van der Waals surface area (Å²) in [4.78, 5) is 14.2. The van der Waals surface area contributed by atoms with E-state index in [0.717, 1.165) is 19.4 Å². The minimum absolute atomic E-state index is 0.105. The zero-order valence-corrected chi connectivity index (χ0v) is 10.8. The number of rotatable bonds is 5. The lowest BCUT2D eigenvalue weighted by Crippen LogP contribution is -2.45. The number of hydrogen-bond donors (Lipinski definition) is 1. The van der Waals surface area contributed by atoms with Crippen molar-refractivity contribution >= 4 is 5.91 Å². The summed E-state index contributed by atoms with van der Waals surface area (Å²) in [6, 6.07) is 0.302. The summed E-state index contributed by atoms with van der Waals surface area (Å²) in [6.45, 7) is 3.68. The van der Waals surface area contributed by atoms with Crippen molar-refractivity contribution < 1.29 is 4.79 Å². The predicted molar refractivity (Wildman–Crippen MR) is 67.6 cm³/mol. The molecule has 2 atom stereocenters. The fourth-order valence-electron chi connectivity index (χ4n) is 2.84. The van der Waals surface area contributed by atoms with Crippen molar-refractivity contribution in [2.75, 3.05) is 13.1 Å². The summed E-state index contributed by atoms with van der Waals surface area (Å²) in [5.41, 5.74) is 5.79. The van der Waals surface area contributed by atoms with E-state index >= 15 is 0 Å². The lowest BCUT2D eigenvalue weighted by Gasteiger charge is -2.31. The third-order valence-electron chi connectivity index (χ3n) is 3.75. The summed E-state index contributed by atoms with van der Waals surface area (Å²) in [6.07, 6.45) is 6.66. The summed E-state index contributed by atoms with van der Waals surface area (Å²) in [5.74, 6) is 0.554. The number of carbonyl (C=O) groups excluding carboxylic acids is 1. The van der Waals surface area contributed by atoms with Crippen molar-refractivity contribution in [1.82, 2.24) is 19.9 Å². The van der Waals surface area contributed by atoms with Crippen LogP contribution in [-0.2, 0) is 11.3 Å². The molecule has 6 nitrogen and oxygen atoms in total. The van der Waals surface area contributed by atoms with Crippen LogP contribution in [0.1, 0.15) is 26.2 Å².